The minimum absolute atomic E-state index is 0.113. The first kappa shape index (κ1) is 22.6. The van der Waals surface area contributed by atoms with Crippen molar-refractivity contribution in [2.45, 2.75) is 26.8 Å². The van der Waals surface area contributed by atoms with Crippen LogP contribution in [0, 0.1) is 11.8 Å². The monoisotopic (exact) mass is 447 g/mol. The summed E-state index contributed by atoms with van der Waals surface area (Å²) in [6.07, 6.45) is 2.95. The van der Waals surface area contributed by atoms with Crippen LogP contribution in [0.5, 0.6) is 5.75 Å². The summed E-state index contributed by atoms with van der Waals surface area (Å²) in [7, 11) is 1.63. The second-order valence-corrected chi connectivity index (χ2v) is 9.86. The van der Waals surface area contributed by atoms with Gasteiger partial charge in [0, 0.05) is 19.6 Å². The van der Waals surface area contributed by atoms with E-state index in [0.29, 0.717) is 28.9 Å². The highest BCUT2D eigenvalue weighted by atomic mass is 32.2. The fourth-order valence-electron chi connectivity index (χ4n) is 3.89. The van der Waals surface area contributed by atoms with E-state index >= 15 is 0 Å². The van der Waals surface area contributed by atoms with Crippen LogP contribution in [0.4, 0.5) is 0 Å². The SMILES string of the molecule is C=CCn1c(=NC(=O)CSCC(=O)N2CC(C)CC(C)C2)sc2cc(OC)ccc21. The van der Waals surface area contributed by atoms with Crippen molar-refractivity contribution in [1.29, 1.82) is 0 Å². The first-order chi connectivity index (χ1) is 14.4. The van der Waals surface area contributed by atoms with Gasteiger partial charge in [-0.05, 0) is 36.5 Å². The van der Waals surface area contributed by atoms with Gasteiger partial charge in [0.15, 0.2) is 4.80 Å². The van der Waals surface area contributed by atoms with Crippen molar-refractivity contribution in [3.05, 3.63) is 35.7 Å². The van der Waals surface area contributed by atoms with Gasteiger partial charge in [-0.3, -0.25) is 9.59 Å². The molecule has 1 aliphatic heterocycles. The van der Waals surface area contributed by atoms with Gasteiger partial charge >= 0.3 is 0 Å². The predicted octanol–water partition coefficient (Wildman–Crippen LogP) is 3.56. The third-order valence-electron chi connectivity index (χ3n) is 5.09. The number of aromatic nitrogens is 1. The Balaban J connectivity index is 1.66. The van der Waals surface area contributed by atoms with Crippen LogP contribution in [0.15, 0.2) is 35.8 Å². The molecule has 1 fully saturated rings. The molecular formula is C22H29N3O3S2. The van der Waals surface area contributed by atoms with Crippen LogP contribution >= 0.6 is 23.1 Å². The van der Waals surface area contributed by atoms with Gasteiger partial charge in [0.25, 0.3) is 5.91 Å². The molecule has 0 saturated carbocycles. The Labute approximate surface area is 185 Å². The molecule has 30 heavy (non-hydrogen) atoms. The van der Waals surface area contributed by atoms with Gasteiger partial charge < -0.3 is 14.2 Å². The van der Waals surface area contributed by atoms with Crippen LogP contribution in [0.1, 0.15) is 20.3 Å². The Morgan fingerprint density at radius 3 is 2.70 bits per heavy atom. The molecule has 1 aromatic carbocycles. The Bertz CT molecular complexity index is 985. The molecule has 1 saturated heterocycles. The third-order valence-corrected chi connectivity index (χ3v) is 7.04. The highest BCUT2D eigenvalue weighted by Gasteiger charge is 2.25. The molecule has 0 aliphatic carbocycles. The number of ether oxygens (including phenoxy) is 1. The molecule has 162 valence electrons. The molecule has 0 radical (unpaired) electrons. The van der Waals surface area contributed by atoms with Gasteiger partial charge in [0.05, 0.1) is 28.8 Å². The first-order valence-corrected chi connectivity index (χ1v) is 12.1. The lowest BCUT2D eigenvalue weighted by atomic mass is 9.92. The summed E-state index contributed by atoms with van der Waals surface area (Å²) in [6.45, 7) is 10.4. The van der Waals surface area contributed by atoms with Crippen molar-refractivity contribution in [3.8, 4) is 5.75 Å². The molecule has 6 nitrogen and oxygen atoms in total. The van der Waals surface area contributed by atoms with E-state index < -0.39 is 0 Å². The maximum absolute atomic E-state index is 12.5. The number of carbonyl (C=O) groups excluding carboxylic acids is 2. The molecule has 3 rings (SSSR count). The molecule has 0 spiro atoms. The van der Waals surface area contributed by atoms with E-state index in [9.17, 15) is 9.59 Å². The number of nitrogens with zero attached hydrogens (tertiary/aromatic N) is 3. The average molecular weight is 448 g/mol. The summed E-state index contributed by atoms with van der Waals surface area (Å²) >= 11 is 2.79. The molecular weight excluding hydrogens is 418 g/mol. The zero-order chi connectivity index (χ0) is 21.7. The number of rotatable bonds is 7. The van der Waals surface area contributed by atoms with Gasteiger partial charge in [-0.15, -0.1) is 18.3 Å². The summed E-state index contributed by atoms with van der Waals surface area (Å²) in [6, 6.07) is 5.80. The van der Waals surface area contributed by atoms with Crippen LogP contribution in [-0.4, -0.2) is 53.0 Å². The van der Waals surface area contributed by atoms with Crippen molar-refractivity contribution in [2.24, 2.45) is 16.8 Å². The van der Waals surface area contributed by atoms with E-state index in [2.05, 4.69) is 25.4 Å². The molecule has 1 aliphatic rings. The van der Waals surface area contributed by atoms with Crippen LogP contribution in [0.2, 0.25) is 0 Å². The van der Waals surface area contributed by atoms with E-state index in [4.69, 9.17) is 4.74 Å². The maximum atomic E-state index is 12.5. The number of fused-ring (bicyclic) bond motifs is 1. The normalized spacial score (nSPS) is 19.8. The molecule has 0 N–H and O–H groups in total. The lowest BCUT2D eigenvalue weighted by Crippen LogP contribution is -2.43. The topological polar surface area (TPSA) is 63.9 Å². The smallest absolute Gasteiger partial charge is 0.258 e. The Kier molecular flexibility index (Phi) is 7.77. The number of amides is 2. The summed E-state index contributed by atoms with van der Waals surface area (Å²) < 4.78 is 8.26. The minimum atomic E-state index is -0.232. The predicted molar refractivity (Wildman–Crippen MR) is 124 cm³/mol. The van der Waals surface area contributed by atoms with Crippen molar-refractivity contribution in [1.82, 2.24) is 9.47 Å². The number of carbonyl (C=O) groups is 2. The Morgan fingerprint density at radius 1 is 1.30 bits per heavy atom. The standard InChI is InChI=1S/C22H29N3O3S2/c1-5-8-25-18-7-6-17(28-4)10-19(18)30-22(25)23-20(26)13-29-14-21(27)24-11-15(2)9-16(3)12-24/h5-7,10,15-16H,1,8-9,11-14H2,2-4H3. The zero-order valence-corrected chi connectivity index (χ0v) is 19.4. The average Bonchev–Trinajstić information content (AvgIpc) is 3.03. The highest BCUT2D eigenvalue weighted by Crippen LogP contribution is 2.24. The van der Waals surface area contributed by atoms with Crippen molar-refractivity contribution < 1.29 is 14.3 Å². The quantitative estimate of drug-likeness (QED) is 0.609. The van der Waals surface area contributed by atoms with Crippen molar-refractivity contribution >= 4 is 45.1 Å². The van der Waals surface area contributed by atoms with Crippen LogP contribution < -0.4 is 9.54 Å². The third kappa shape index (κ3) is 5.55. The molecule has 2 atom stereocenters. The Hall–Kier alpha value is -2.06. The number of likely N-dealkylation sites (tertiary alicyclic amines) is 1. The number of allylic oxidation sites excluding steroid dienone is 1. The van der Waals surface area contributed by atoms with Gasteiger partial charge in [0.1, 0.15) is 5.75 Å². The van der Waals surface area contributed by atoms with Crippen LogP contribution in [0.25, 0.3) is 10.2 Å². The molecule has 2 unspecified atom stereocenters. The largest absolute Gasteiger partial charge is 0.497 e. The lowest BCUT2D eigenvalue weighted by molar-refractivity contribution is -0.130. The van der Waals surface area contributed by atoms with Crippen LogP contribution in [-0.2, 0) is 16.1 Å². The number of thiazole rings is 1. The maximum Gasteiger partial charge on any atom is 0.258 e. The summed E-state index contributed by atoms with van der Waals surface area (Å²) in [5.74, 6) is 2.22. The number of thioether (sulfide) groups is 1. The van der Waals surface area contributed by atoms with Gasteiger partial charge in [-0.25, -0.2) is 0 Å². The second kappa shape index (κ2) is 10.3. The van der Waals surface area contributed by atoms with Gasteiger partial charge in [-0.1, -0.05) is 31.3 Å². The zero-order valence-electron chi connectivity index (χ0n) is 17.8. The van der Waals surface area contributed by atoms with Crippen molar-refractivity contribution in [3.63, 3.8) is 0 Å². The lowest BCUT2D eigenvalue weighted by Gasteiger charge is -2.35. The second-order valence-electron chi connectivity index (χ2n) is 7.86. The number of methoxy groups -OCH3 is 1. The summed E-state index contributed by atoms with van der Waals surface area (Å²) in [4.78, 5) is 31.8. The molecule has 8 heteroatoms. The summed E-state index contributed by atoms with van der Waals surface area (Å²) in [5, 5.41) is 0. The van der Waals surface area contributed by atoms with E-state index in [1.165, 1.54) is 29.5 Å². The minimum Gasteiger partial charge on any atom is -0.497 e. The molecule has 0 bridgehead atoms. The van der Waals surface area contributed by atoms with Gasteiger partial charge in [0.2, 0.25) is 5.91 Å². The van der Waals surface area contributed by atoms with E-state index in [-0.39, 0.29) is 17.6 Å². The van der Waals surface area contributed by atoms with E-state index in [0.717, 1.165) is 29.1 Å². The number of piperidine rings is 1. The summed E-state index contributed by atoms with van der Waals surface area (Å²) in [5.41, 5.74) is 0.989. The van der Waals surface area contributed by atoms with Gasteiger partial charge in [-0.2, -0.15) is 4.99 Å². The number of benzene rings is 1. The van der Waals surface area contributed by atoms with E-state index in [1.807, 2.05) is 27.7 Å². The molecule has 1 aromatic heterocycles. The molecule has 2 amide bonds. The molecule has 2 heterocycles. The van der Waals surface area contributed by atoms with E-state index in [1.54, 1.807) is 13.2 Å². The number of hydrogen-bond acceptors (Lipinski definition) is 5. The highest BCUT2D eigenvalue weighted by molar-refractivity contribution is 8.00. The Morgan fingerprint density at radius 2 is 2.03 bits per heavy atom. The fourth-order valence-corrected chi connectivity index (χ4v) is 5.68. The van der Waals surface area contributed by atoms with Crippen LogP contribution in [0.3, 0.4) is 0 Å². The van der Waals surface area contributed by atoms with Crippen molar-refractivity contribution in [2.75, 3.05) is 31.7 Å². The fraction of sp³-hybridized carbons (Fsp3) is 0.500. The number of hydrogen-bond donors (Lipinski definition) is 0. The first-order valence-electron chi connectivity index (χ1n) is 10.1. The molecule has 2 aromatic rings.